The van der Waals surface area contributed by atoms with Gasteiger partial charge in [-0.1, -0.05) is 31.2 Å². The average molecular weight is 232 g/mol. The van der Waals surface area contributed by atoms with Crippen LogP contribution in [-0.2, 0) is 20.7 Å². The molecule has 0 radical (unpaired) electrons. The molecule has 1 aromatic carbocycles. The van der Waals surface area contributed by atoms with Crippen molar-refractivity contribution in [3.05, 3.63) is 41.5 Å². The minimum absolute atomic E-state index is 0.225. The third-order valence-electron chi connectivity index (χ3n) is 2.39. The van der Waals surface area contributed by atoms with Crippen molar-refractivity contribution in [1.82, 2.24) is 0 Å². The summed E-state index contributed by atoms with van der Waals surface area (Å²) in [5.74, 6) is -0.155. The first-order valence-corrected chi connectivity index (χ1v) is 5.52. The van der Waals surface area contributed by atoms with Gasteiger partial charge in [0.05, 0.1) is 7.11 Å². The maximum absolute atomic E-state index is 11.2. The lowest BCUT2D eigenvalue weighted by atomic mass is 10.1. The quantitative estimate of drug-likeness (QED) is 0.578. The van der Waals surface area contributed by atoms with Crippen LogP contribution in [0, 0.1) is 0 Å². The van der Waals surface area contributed by atoms with E-state index in [2.05, 4.69) is 4.74 Å². The summed E-state index contributed by atoms with van der Waals surface area (Å²) in [5, 5.41) is 0. The average Bonchev–Trinajstić information content (AvgIpc) is 2.37. The molecule has 0 aliphatic heterocycles. The Morgan fingerprint density at radius 3 is 2.41 bits per heavy atom. The maximum atomic E-state index is 11.2. The topological polar surface area (TPSA) is 43.4 Å². The number of ketones is 1. The number of rotatable bonds is 5. The Bertz CT molecular complexity index is 416. The van der Waals surface area contributed by atoms with Crippen LogP contribution in [0.4, 0.5) is 0 Å². The van der Waals surface area contributed by atoms with Crippen molar-refractivity contribution in [2.75, 3.05) is 7.11 Å². The van der Waals surface area contributed by atoms with Crippen LogP contribution in [-0.4, -0.2) is 18.9 Å². The van der Waals surface area contributed by atoms with Crippen LogP contribution in [0.1, 0.15) is 24.5 Å². The molecular weight excluding hydrogens is 216 g/mol. The highest BCUT2D eigenvalue weighted by molar-refractivity contribution is 5.87. The summed E-state index contributed by atoms with van der Waals surface area (Å²) < 4.78 is 4.49. The highest BCUT2D eigenvalue weighted by Crippen LogP contribution is 2.08. The Labute approximate surface area is 101 Å². The second kappa shape index (κ2) is 6.63. The van der Waals surface area contributed by atoms with E-state index in [4.69, 9.17) is 0 Å². The van der Waals surface area contributed by atoms with Crippen LogP contribution in [0.5, 0.6) is 0 Å². The minimum Gasteiger partial charge on any atom is -0.466 e. The van der Waals surface area contributed by atoms with Gasteiger partial charge in [0, 0.05) is 18.9 Å². The fraction of sp³-hybridized carbons (Fsp3) is 0.286. The first-order chi connectivity index (χ1) is 8.15. The van der Waals surface area contributed by atoms with Crippen molar-refractivity contribution in [2.24, 2.45) is 0 Å². The number of carbonyl (C=O) groups excluding carboxylic acids is 2. The number of Topliss-reactive ketones (excluding diaryl/α,β-unsaturated/α-hetero) is 1. The minimum atomic E-state index is -0.379. The Kier molecular flexibility index (Phi) is 5.14. The van der Waals surface area contributed by atoms with Crippen LogP contribution in [0.3, 0.4) is 0 Å². The number of hydrogen-bond acceptors (Lipinski definition) is 3. The normalized spacial score (nSPS) is 10.5. The van der Waals surface area contributed by atoms with Crippen LogP contribution in [0.15, 0.2) is 30.3 Å². The van der Waals surface area contributed by atoms with Crippen molar-refractivity contribution < 1.29 is 14.3 Å². The Morgan fingerprint density at radius 2 is 1.88 bits per heavy atom. The summed E-state index contributed by atoms with van der Waals surface area (Å²) in [7, 11) is 1.34. The van der Waals surface area contributed by atoms with Gasteiger partial charge in [-0.05, 0) is 17.2 Å². The van der Waals surface area contributed by atoms with Crippen LogP contribution < -0.4 is 0 Å². The van der Waals surface area contributed by atoms with Gasteiger partial charge in [-0.15, -0.1) is 0 Å². The molecule has 90 valence electrons. The predicted octanol–water partition coefficient (Wildman–Crippen LogP) is 2.39. The van der Waals surface area contributed by atoms with Gasteiger partial charge in [0.2, 0.25) is 0 Å². The first-order valence-electron chi connectivity index (χ1n) is 5.52. The SMILES string of the molecule is CCC(=O)Cc1ccc(/C=C/C(=O)OC)cc1. The van der Waals surface area contributed by atoms with Crippen molar-refractivity contribution >= 4 is 17.8 Å². The van der Waals surface area contributed by atoms with E-state index in [1.165, 1.54) is 13.2 Å². The van der Waals surface area contributed by atoms with E-state index in [-0.39, 0.29) is 11.8 Å². The zero-order valence-electron chi connectivity index (χ0n) is 10.1. The third kappa shape index (κ3) is 4.64. The molecule has 0 aliphatic carbocycles. The summed E-state index contributed by atoms with van der Waals surface area (Å²) in [5.41, 5.74) is 1.90. The summed E-state index contributed by atoms with van der Waals surface area (Å²) in [4.78, 5) is 22.1. The molecule has 0 saturated carbocycles. The zero-order chi connectivity index (χ0) is 12.7. The highest BCUT2D eigenvalue weighted by atomic mass is 16.5. The molecule has 0 atom stereocenters. The lowest BCUT2D eigenvalue weighted by Crippen LogP contribution is -1.99. The molecule has 0 aliphatic rings. The first kappa shape index (κ1) is 13.2. The molecule has 3 nitrogen and oxygen atoms in total. The molecule has 0 fully saturated rings. The van der Waals surface area contributed by atoms with Gasteiger partial charge in [0.1, 0.15) is 5.78 Å². The zero-order valence-corrected chi connectivity index (χ0v) is 10.1. The highest BCUT2D eigenvalue weighted by Gasteiger charge is 2.00. The van der Waals surface area contributed by atoms with Gasteiger partial charge in [0.15, 0.2) is 0 Å². The van der Waals surface area contributed by atoms with Gasteiger partial charge in [-0.3, -0.25) is 4.79 Å². The Hall–Kier alpha value is -1.90. The van der Waals surface area contributed by atoms with Gasteiger partial charge >= 0.3 is 5.97 Å². The summed E-state index contributed by atoms with van der Waals surface area (Å²) in [6.45, 7) is 1.86. The molecule has 0 saturated heterocycles. The molecule has 0 aromatic heterocycles. The smallest absolute Gasteiger partial charge is 0.330 e. The second-order valence-electron chi connectivity index (χ2n) is 3.67. The van der Waals surface area contributed by atoms with Crippen molar-refractivity contribution in [2.45, 2.75) is 19.8 Å². The fourth-order valence-corrected chi connectivity index (χ4v) is 1.33. The van der Waals surface area contributed by atoms with Crippen molar-refractivity contribution in [3.8, 4) is 0 Å². The van der Waals surface area contributed by atoms with E-state index in [9.17, 15) is 9.59 Å². The van der Waals surface area contributed by atoms with E-state index in [0.29, 0.717) is 12.8 Å². The summed E-state index contributed by atoms with van der Waals surface area (Å²) in [6.07, 6.45) is 4.07. The van der Waals surface area contributed by atoms with E-state index in [1.807, 2.05) is 31.2 Å². The Morgan fingerprint density at radius 1 is 1.24 bits per heavy atom. The van der Waals surface area contributed by atoms with E-state index in [1.54, 1.807) is 6.08 Å². The molecule has 17 heavy (non-hydrogen) atoms. The summed E-state index contributed by atoms with van der Waals surface area (Å²) >= 11 is 0. The molecule has 0 spiro atoms. The van der Waals surface area contributed by atoms with Crippen LogP contribution in [0.2, 0.25) is 0 Å². The van der Waals surface area contributed by atoms with Crippen LogP contribution >= 0.6 is 0 Å². The van der Waals surface area contributed by atoms with Crippen molar-refractivity contribution in [3.63, 3.8) is 0 Å². The number of hydrogen-bond donors (Lipinski definition) is 0. The lowest BCUT2D eigenvalue weighted by molar-refractivity contribution is -0.134. The van der Waals surface area contributed by atoms with Gasteiger partial charge in [-0.25, -0.2) is 4.79 Å². The molecule has 0 N–H and O–H groups in total. The molecule has 1 rings (SSSR count). The molecule has 0 heterocycles. The third-order valence-corrected chi connectivity index (χ3v) is 2.39. The second-order valence-corrected chi connectivity index (χ2v) is 3.67. The lowest BCUT2D eigenvalue weighted by Gasteiger charge is -2.00. The van der Waals surface area contributed by atoms with E-state index >= 15 is 0 Å². The van der Waals surface area contributed by atoms with Crippen LogP contribution in [0.25, 0.3) is 6.08 Å². The van der Waals surface area contributed by atoms with Crippen molar-refractivity contribution in [1.29, 1.82) is 0 Å². The molecular formula is C14H16O3. The number of carbonyl (C=O) groups is 2. The molecule has 0 amide bonds. The van der Waals surface area contributed by atoms with E-state index in [0.717, 1.165) is 11.1 Å². The van der Waals surface area contributed by atoms with E-state index < -0.39 is 0 Å². The molecule has 0 bridgehead atoms. The standard InChI is InChI=1S/C14H16O3/c1-3-13(15)10-12-6-4-11(5-7-12)8-9-14(16)17-2/h4-9H,3,10H2,1-2H3/b9-8+. The number of ether oxygens (including phenoxy) is 1. The summed E-state index contributed by atoms with van der Waals surface area (Å²) in [6, 6.07) is 7.53. The molecule has 0 unspecified atom stereocenters. The fourth-order valence-electron chi connectivity index (χ4n) is 1.33. The number of esters is 1. The van der Waals surface area contributed by atoms with Gasteiger partial charge in [0.25, 0.3) is 0 Å². The number of methoxy groups -OCH3 is 1. The largest absolute Gasteiger partial charge is 0.466 e. The number of benzene rings is 1. The van der Waals surface area contributed by atoms with Gasteiger partial charge < -0.3 is 4.74 Å². The predicted molar refractivity (Wildman–Crippen MR) is 66.5 cm³/mol. The van der Waals surface area contributed by atoms with Gasteiger partial charge in [-0.2, -0.15) is 0 Å². The Balaban J connectivity index is 2.65. The molecule has 1 aromatic rings. The monoisotopic (exact) mass is 232 g/mol. The molecule has 3 heteroatoms. The maximum Gasteiger partial charge on any atom is 0.330 e.